The summed E-state index contributed by atoms with van der Waals surface area (Å²) in [5, 5.41) is 19.5. The van der Waals surface area contributed by atoms with Crippen molar-refractivity contribution in [1.29, 1.82) is 0 Å². The fourth-order valence-electron chi connectivity index (χ4n) is 2.61. The summed E-state index contributed by atoms with van der Waals surface area (Å²) in [7, 11) is 0. The number of aliphatic hydroxyl groups excluding tert-OH is 1. The Morgan fingerprint density at radius 3 is 2.45 bits per heavy atom. The lowest BCUT2D eigenvalue weighted by atomic mass is 9.85. The van der Waals surface area contributed by atoms with Gasteiger partial charge in [0.25, 0.3) is 0 Å². The molecule has 1 amide bonds. The fourth-order valence-corrected chi connectivity index (χ4v) is 2.61. The van der Waals surface area contributed by atoms with Crippen LogP contribution in [0.5, 0.6) is 0 Å². The van der Waals surface area contributed by atoms with E-state index >= 15 is 0 Å². The minimum absolute atomic E-state index is 0.241. The van der Waals surface area contributed by atoms with Gasteiger partial charge in [-0.3, -0.25) is 4.79 Å². The molecule has 1 aliphatic heterocycles. The molecule has 0 aliphatic carbocycles. The van der Waals surface area contributed by atoms with Gasteiger partial charge in [-0.15, -0.1) is 0 Å². The predicted molar refractivity (Wildman–Crippen MR) is 76.0 cm³/mol. The minimum Gasteiger partial charge on any atom is -0.394 e. The second kappa shape index (κ2) is 6.35. The van der Waals surface area contributed by atoms with Gasteiger partial charge < -0.3 is 20.8 Å². The summed E-state index contributed by atoms with van der Waals surface area (Å²) in [4.78, 5) is 13.5. The highest BCUT2D eigenvalue weighted by Crippen LogP contribution is 2.26. The van der Waals surface area contributed by atoms with Crippen LogP contribution < -0.4 is 5.73 Å². The Labute approximate surface area is 119 Å². The third kappa shape index (κ3) is 3.56. The molecule has 0 spiro atoms. The summed E-state index contributed by atoms with van der Waals surface area (Å²) in [6.45, 7) is 0.620. The summed E-state index contributed by atoms with van der Waals surface area (Å²) < 4.78 is 0. The maximum atomic E-state index is 11.9. The molecule has 4 N–H and O–H groups in total. The number of likely N-dealkylation sites (tertiary alicyclic amines) is 1. The van der Waals surface area contributed by atoms with E-state index in [1.807, 2.05) is 30.3 Å². The van der Waals surface area contributed by atoms with Gasteiger partial charge in [0.2, 0.25) is 5.91 Å². The zero-order valence-electron chi connectivity index (χ0n) is 11.5. The molecule has 110 valence electrons. The number of aliphatic hydroxyl groups is 2. The van der Waals surface area contributed by atoms with Crippen molar-refractivity contribution >= 4 is 5.91 Å². The van der Waals surface area contributed by atoms with Crippen molar-refractivity contribution < 1.29 is 15.0 Å². The van der Waals surface area contributed by atoms with Crippen LogP contribution in [0.15, 0.2) is 30.3 Å². The van der Waals surface area contributed by atoms with E-state index in [-0.39, 0.29) is 12.5 Å². The average Bonchev–Trinajstić information content (AvgIpc) is 2.47. The maximum absolute atomic E-state index is 11.9. The Hall–Kier alpha value is -1.43. The first-order valence-electron chi connectivity index (χ1n) is 6.96. The molecule has 0 radical (unpaired) electrons. The Bertz CT molecular complexity index is 442. The Morgan fingerprint density at radius 2 is 1.90 bits per heavy atom. The van der Waals surface area contributed by atoms with Gasteiger partial charge in [-0.25, -0.2) is 0 Å². The monoisotopic (exact) mass is 278 g/mol. The van der Waals surface area contributed by atoms with Crippen LogP contribution in [0.4, 0.5) is 0 Å². The summed E-state index contributed by atoms with van der Waals surface area (Å²) in [5.41, 5.74) is 5.87. The topological polar surface area (TPSA) is 86.8 Å². The predicted octanol–water partition coefficient (Wildman–Crippen LogP) is -0.0978. The summed E-state index contributed by atoms with van der Waals surface area (Å²) in [6, 6.07) is 9.00. The van der Waals surface area contributed by atoms with Crippen molar-refractivity contribution in [3.05, 3.63) is 35.9 Å². The number of carbonyl (C=O) groups excluding carboxylic acids is 1. The first kappa shape index (κ1) is 15.0. The van der Waals surface area contributed by atoms with Crippen LogP contribution in [-0.4, -0.2) is 52.4 Å². The molecular weight excluding hydrogens is 256 g/mol. The number of amides is 1. The zero-order chi connectivity index (χ0) is 14.6. The number of carbonyl (C=O) groups is 1. The number of piperidine rings is 1. The molecule has 1 aromatic carbocycles. The van der Waals surface area contributed by atoms with Crippen molar-refractivity contribution in [3.8, 4) is 0 Å². The average molecular weight is 278 g/mol. The largest absolute Gasteiger partial charge is 0.394 e. The van der Waals surface area contributed by atoms with Gasteiger partial charge in [-0.1, -0.05) is 30.3 Å². The lowest BCUT2D eigenvalue weighted by Crippen LogP contribution is -2.52. The molecule has 1 saturated heterocycles. The molecule has 1 heterocycles. The smallest absolute Gasteiger partial charge is 0.241 e. The van der Waals surface area contributed by atoms with E-state index in [0.29, 0.717) is 32.4 Å². The van der Waals surface area contributed by atoms with Crippen molar-refractivity contribution in [2.45, 2.75) is 30.9 Å². The van der Waals surface area contributed by atoms with Crippen molar-refractivity contribution in [2.24, 2.45) is 5.73 Å². The molecule has 1 unspecified atom stereocenters. The number of nitrogens with zero attached hydrogens (tertiary/aromatic N) is 1. The molecule has 1 aromatic rings. The Morgan fingerprint density at radius 1 is 1.30 bits per heavy atom. The van der Waals surface area contributed by atoms with E-state index in [2.05, 4.69) is 0 Å². The molecule has 0 bridgehead atoms. The third-order valence-electron chi connectivity index (χ3n) is 3.90. The van der Waals surface area contributed by atoms with Gasteiger partial charge >= 0.3 is 0 Å². The van der Waals surface area contributed by atoms with E-state index in [1.165, 1.54) is 0 Å². The number of hydrogen-bond donors (Lipinski definition) is 3. The van der Waals surface area contributed by atoms with Gasteiger partial charge in [-0.2, -0.15) is 0 Å². The molecule has 0 aromatic heterocycles. The standard InChI is InChI=1S/C15H22N2O3/c16-13(11-18)14(19)17-8-6-15(20,7-9-17)10-12-4-2-1-3-5-12/h1-5,13,18,20H,6-11,16H2. The van der Waals surface area contributed by atoms with E-state index in [0.717, 1.165) is 5.56 Å². The van der Waals surface area contributed by atoms with Crippen LogP contribution in [0.3, 0.4) is 0 Å². The Balaban J connectivity index is 1.91. The molecule has 5 heteroatoms. The van der Waals surface area contributed by atoms with Gasteiger partial charge in [0.1, 0.15) is 6.04 Å². The number of nitrogens with two attached hydrogens (primary N) is 1. The fraction of sp³-hybridized carbons (Fsp3) is 0.533. The zero-order valence-corrected chi connectivity index (χ0v) is 11.5. The highest BCUT2D eigenvalue weighted by Gasteiger charge is 2.34. The van der Waals surface area contributed by atoms with Crippen LogP contribution in [-0.2, 0) is 11.2 Å². The second-order valence-corrected chi connectivity index (χ2v) is 5.50. The number of hydrogen-bond acceptors (Lipinski definition) is 4. The first-order chi connectivity index (χ1) is 9.54. The third-order valence-corrected chi connectivity index (χ3v) is 3.90. The van der Waals surface area contributed by atoms with Crippen LogP contribution >= 0.6 is 0 Å². The van der Waals surface area contributed by atoms with Crippen molar-refractivity contribution in [3.63, 3.8) is 0 Å². The van der Waals surface area contributed by atoms with Crippen LogP contribution in [0.25, 0.3) is 0 Å². The Kier molecular flexibility index (Phi) is 4.75. The van der Waals surface area contributed by atoms with Gasteiger partial charge in [-0.05, 0) is 18.4 Å². The molecule has 1 aliphatic rings. The molecule has 1 atom stereocenters. The molecule has 20 heavy (non-hydrogen) atoms. The molecular formula is C15H22N2O3. The van der Waals surface area contributed by atoms with E-state index in [4.69, 9.17) is 10.8 Å². The molecule has 0 saturated carbocycles. The minimum atomic E-state index is -0.852. The maximum Gasteiger partial charge on any atom is 0.241 e. The van der Waals surface area contributed by atoms with E-state index in [1.54, 1.807) is 4.90 Å². The first-order valence-corrected chi connectivity index (χ1v) is 6.96. The normalized spacial score (nSPS) is 19.6. The lowest BCUT2D eigenvalue weighted by molar-refractivity contribution is -0.137. The van der Waals surface area contributed by atoms with Gasteiger partial charge in [0, 0.05) is 19.5 Å². The van der Waals surface area contributed by atoms with Crippen LogP contribution in [0.2, 0.25) is 0 Å². The quantitative estimate of drug-likeness (QED) is 0.718. The van der Waals surface area contributed by atoms with E-state index in [9.17, 15) is 9.90 Å². The van der Waals surface area contributed by atoms with Crippen molar-refractivity contribution in [2.75, 3.05) is 19.7 Å². The van der Waals surface area contributed by atoms with Gasteiger partial charge in [0.05, 0.1) is 12.2 Å². The molecule has 2 rings (SSSR count). The highest BCUT2D eigenvalue weighted by molar-refractivity contribution is 5.81. The van der Waals surface area contributed by atoms with Gasteiger partial charge in [0.15, 0.2) is 0 Å². The highest BCUT2D eigenvalue weighted by atomic mass is 16.3. The summed E-state index contributed by atoms with van der Waals surface area (Å²) in [5.74, 6) is -0.241. The summed E-state index contributed by atoms with van der Waals surface area (Å²) >= 11 is 0. The molecule has 5 nitrogen and oxygen atoms in total. The molecule has 1 fully saturated rings. The second-order valence-electron chi connectivity index (χ2n) is 5.50. The van der Waals surface area contributed by atoms with Crippen molar-refractivity contribution in [1.82, 2.24) is 4.90 Å². The number of benzene rings is 1. The van der Waals surface area contributed by atoms with Crippen LogP contribution in [0.1, 0.15) is 18.4 Å². The van der Waals surface area contributed by atoms with E-state index < -0.39 is 11.6 Å². The van der Waals surface area contributed by atoms with Crippen LogP contribution in [0, 0.1) is 0 Å². The number of rotatable bonds is 4. The summed E-state index contributed by atoms with van der Waals surface area (Å²) in [6.07, 6.45) is 1.67. The SMILES string of the molecule is NC(CO)C(=O)N1CCC(O)(Cc2ccccc2)CC1. The lowest BCUT2D eigenvalue weighted by Gasteiger charge is -2.39.